The molecule has 0 radical (unpaired) electrons. The van der Waals surface area contributed by atoms with Crippen LogP contribution in [0.3, 0.4) is 0 Å². The fraction of sp³-hybridized carbons (Fsp3) is 0.353. The Hall–Kier alpha value is -1.87. The van der Waals surface area contributed by atoms with E-state index in [1.807, 2.05) is 26.5 Å². The zero-order chi connectivity index (χ0) is 14.4. The molecule has 0 saturated heterocycles. The molecule has 2 aromatic heterocycles. The number of hydrogen-bond donors (Lipinski definition) is 1. The summed E-state index contributed by atoms with van der Waals surface area (Å²) in [6, 6.07) is 10.7. The largest absolute Gasteiger partial charge is 0.339 e. The number of unbranched alkanes of at least 4 members (excludes halogenated alkanes) is 1. The van der Waals surface area contributed by atoms with E-state index in [2.05, 4.69) is 52.1 Å². The molecule has 20 heavy (non-hydrogen) atoms. The van der Waals surface area contributed by atoms with E-state index in [9.17, 15) is 0 Å². The fourth-order valence-electron chi connectivity index (χ4n) is 2.45. The molecule has 1 N–H and O–H groups in total. The predicted octanol–water partition coefficient (Wildman–Crippen LogP) is 3.83. The molecule has 0 bridgehead atoms. The van der Waals surface area contributed by atoms with Crippen molar-refractivity contribution >= 4 is 21.8 Å². The predicted molar refractivity (Wildman–Crippen MR) is 87.1 cm³/mol. The highest BCUT2D eigenvalue weighted by atomic mass is 15.0. The minimum Gasteiger partial charge on any atom is -0.339 e. The van der Waals surface area contributed by atoms with Gasteiger partial charge in [0.1, 0.15) is 0 Å². The molecule has 106 valence electrons. The summed E-state index contributed by atoms with van der Waals surface area (Å²) < 4.78 is 2.39. The smallest absolute Gasteiger partial charge is 0.0677 e. The van der Waals surface area contributed by atoms with Crippen LogP contribution in [0.2, 0.25) is 0 Å². The van der Waals surface area contributed by atoms with Crippen LogP contribution in [0.15, 0.2) is 42.7 Å². The zero-order valence-electron chi connectivity index (χ0n) is 12.6. The van der Waals surface area contributed by atoms with Gasteiger partial charge in [-0.15, -0.1) is 0 Å². The summed E-state index contributed by atoms with van der Waals surface area (Å²) >= 11 is 0. The van der Waals surface area contributed by atoms with Gasteiger partial charge in [-0.05, 0) is 32.6 Å². The van der Waals surface area contributed by atoms with Gasteiger partial charge in [0.15, 0.2) is 0 Å². The third-order valence-electron chi connectivity index (χ3n) is 3.31. The molecule has 3 aromatic rings. The molecule has 0 unspecified atom stereocenters. The second-order valence-electron chi connectivity index (χ2n) is 4.92. The molecular formula is C17H23N3. The second-order valence-corrected chi connectivity index (χ2v) is 4.92. The first-order chi connectivity index (χ1) is 9.83. The Labute approximate surface area is 120 Å². The van der Waals surface area contributed by atoms with Gasteiger partial charge in [-0.2, -0.15) is 0 Å². The lowest BCUT2D eigenvalue weighted by Gasteiger charge is -2.05. The third-order valence-corrected chi connectivity index (χ3v) is 3.31. The number of fused-ring (bicyclic) bond motifs is 3. The third kappa shape index (κ3) is 2.83. The van der Waals surface area contributed by atoms with Crippen molar-refractivity contribution in [2.45, 2.75) is 26.3 Å². The molecule has 0 fully saturated rings. The first kappa shape index (κ1) is 14.5. The number of hydrogen-bond acceptors (Lipinski definition) is 2. The summed E-state index contributed by atoms with van der Waals surface area (Å²) in [5.74, 6) is 0. The standard InChI is InChI=1S/C15H16N2.C2H7N/c1-2-3-10-17-14-7-5-4-6-12(14)13-8-9-16-11-15(13)17;1-3-2/h4-9,11H,2-3,10H2,1H3;3H,1-2H3. The minimum atomic E-state index is 1.08. The molecule has 0 atom stereocenters. The molecular weight excluding hydrogens is 246 g/mol. The van der Waals surface area contributed by atoms with E-state index in [0.717, 1.165) is 6.54 Å². The summed E-state index contributed by atoms with van der Waals surface area (Å²) in [5.41, 5.74) is 2.58. The SMILES string of the molecule is CCCCn1c2ccccc2c2ccncc21.CNC. The molecule has 2 heterocycles. The van der Waals surface area contributed by atoms with Crippen molar-refractivity contribution in [3.05, 3.63) is 42.7 Å². The molecule has 0 spiro atoms. The van der Waals surface area contributed by atoms with Crippen LogP contribution < -0.4 is 5.32 Å². The Morgan fingerprint density at radius 2 is 1.75 bits per heavy atom. The van der Waals surface area contributed by atoms with Crippen molar-refractivity contribution in [1.82, 2.24) is 14.9 Å². The summed E-state index contributed by atoms with van der Waals surface area (Å²) in [5, 5.41) is 5.40. The molecule has 0 aliphatic carbocycles. The number of para-hydroxylation sites is 1. The number of aromatic nitrogens is 2. The monoisotopic (exact) mass is 269 g/mol. The lowest BCUT2D eigenvalue weighted by Crippen LogP contribution is -1.96. The summed E-state index contributed by atoms with van der Waals surface area (Å²) in [6.07, 6.45) is 6.28. The van der Waals surface area contributed by atoms with Crippen molar-refractivity contribution in [2.24, 2.45) is 0 Å². The van der Waals surface area contributed by atoms with Gasteiger partial charge in [-0.1, -0.05) is 31.5 Å². The van der Waals surface area contributed by atoms with Crippen LogP contribution >= 0.6 is 0 Å². The lowest BCUT2D eigenvalue weighted by atomic mass is 10.2. The maximum absolute atomic E-state index is 4.26. The number of benzene rings is 1. The van der Waals surface area contributed by atoms with Crippen molar-refractivity contribution in [3.63, 3.8) is 0 Å². The Bertz CT molecular complexity index is 617. The molecule has 3 rings (SSSR count). The van der Waals surface area contributed by atoms with Gasteiger partial charge in [0.2, 0.25) is 0 Å². The van der Waals surface area contributed by atoms with E-state index in [-0.39, 0.29) is 0 Å². The van der Waals surface area contributed by atoms with E-state index >= 15 is 0 Å². The highest BCUT2D eigenvalue weighted by molar-refractivity contribution is 6.07. The molecule has 0 saturated carbocycles. The van der Waals surface area contributed by atoms with E-state index in [1.54, 1.807) is 0 Å². The van der Waals surface area contributed by atoms with Gasteiger partial charge in [0.05, 0.1) is 11.7 Å². The Morgan fingerprint density at radius 1 is 1.05 bits per heavy atom. The van der Waals surface area contributed by atoms with Crippen molar-refractivity contribution in [2.75, 3.05) is 14.1 Å². The average Bonchev–Trinajstić information content (AvgIpc) is 2.80. The average molecular weight is 269 g/mol. The van der Waals surface area contributed by atoms with Crippen LogP contribution in [0.5, 0.6) is 0 Å². The number of pyridine rings is 1. The van der Waals surface area contributed by atoms with Gasteiger partial charge in [-0.3, -0.25) is 4.98 Å². The van der Waals surface area contributed by atoms with Gasteiger partial charge in [-0.25, -0.2) is 0 Å². The van der Waals surface area contributed by atoms with Crippen LogP contribution in [0.25, 0.3) is 21.8 Å². The Morgan fingerprint density at radius 3 is 2.50 bits per heavy atom. The Balaban J connectivity index is 0.000000452. The van der Waals surface area contributed by atoms with E-state index < -0.39 is 0 Å². The highest BCUT2D eigenvalue weighted by Gasteiger charge is 2.08. The molecule has 3 nitrogen and oxygen atoms in total. The minimum absolute atomic E-state index is 1.08. The molecule has 0 amide bonds. The first-order valence-electron chi connectivity index (χ1n) is 7.22. The highest BCUT2D eigenvalue weighted by Crippen LogP contribution is 2.28. The molecule has 0 aliphatic heterocycles. The summed E-state index contributed by atoms with van der Waals surface area (Å²) in [6.45, 7) is 3.30. The number of aryl methyl sites for hydroxylation is 1. The van der Waals surface area contributed by atoms with Crippen LogP contribution in [0.1, 0.15) is 19.8 Å². The van der Waals surface area contributed by atoms with E-state index in [4.69, 9.17) is 0 Å². The van der Waals surface area contributed by atoms with Crippen LogP contribution in [-0.4, -0.2) is 23.6 Å². The summed E-state index contributed by atoms with van der Waals surface area (Å²) in [7, 11) is 3.75. The van der Waals surface area contributed by atoms with Crippen LogP contribution in [-0.2, 0) is 6.54 Å². The topological polar surface area (TPSA) is 29.9 Å². The van der Waals surface area contributed by atoms with E-state index in [1.165, 1.54) is 34.6 Å². The van der Waals surface area contributed by atoms with Gasteiger partial charge in [0, 0.05) is 29.0 Å². The van der Waals surface area contributed by atoms with Gasteiger partial charge in [0.25, 0.3) is 0 Å². The summed E-state index contributed by atoms with van der Waals surface area (Å²) in [4.78, 5) is 4.26. The normalized spacial score (nSPS) is 10.6. The Kier molecular flexibility index (Phi) is 5.13. The second kappa shape index (κ2) is 7.06. The number of nitrogens with one attached hydrogen (secondary N) is 1. The van der Waals surface area contributed by atoms with Crippen molar-refractivity contribution in [1.29, 1.82) is 0 Å². The van der Waals surface area contributed by atoms with Crippen LogP contribution in [0, 0.1) is 0 Å². The fourth-order valence-corrected chi connectivity index (χ4v) is 2.45. The molecule has 3 heteroatoms. The van der Waals surface area contributed by atoms with Gasteiger partial charge >= 0.3 is 0 Å². The lowest BCUT2D eigenvalue weighted by molar-refractivity contribution is 0.664. The first-order valence-corrected chi connectivity index (χ1v) is 7.22. The maximum atomic E-state index is 4.26. The zero-order valence-corrected chi connectivity index (χ0v) is 12.6. The van der Waals surface area contributed by atoms with E-state index in [0.29, 0.717) is 0 Å². The van der Waals surface area contributed by atoms with Crippen LogP contribution in [0.4, 0.5) is 0 Å². The number of nitrogens with zero attached hydrogens (tertiary/aromatic N) is 2. The molecule has 1 aromatic carbocycles. The molecule has 0 aliphatic rings. The van der Waals surface area contributed by atoms with Crippen molar-refractivity contribution in [3.8, 4) is 0 Å². The maximum Gasteiger partial charge on any atom is 0.0677 e. The quantitative estimate of drug-likeness (QED) is 0.783. The van der Waals surface area contributed by atoms with Gasteiger partial charge < -0.3 is 9.88 Å². The van der Waals surface area contributed by atoms with Crippen molar-refractivity contribution < 1.29 is 0 Å². The number of rotatable bonds is 3.